The summed E-state index contributed by atoms with van der Waals surface area (Å²) in [4.78, 5) is 17.5. The minimum Gasteiger partial charge on any atom is -0.392 e. The lowest BCUT2D eigenvalue weighted by molar-refractivity contribution is -0.141. The van der Waals surface area contributed by atoms with Gasteiger partial charge >= 0.3 is 0 Å². The highest BCUT2D eigenvalue weighted by atomic mass is 32.1. The zero-order chi connectivity index (χ0) is 14.6. The molecule has 1 rings (SSSR count). The molecule has 1 aliphatic heterocycles. The third-order valence-electron chi connectivity index (χ3n) is 4.62. The Morgan fingerprint density at radius 3 is 2.32 bits per heavy atom. The number of likely N-dealkylation sites (N-methyl/N-ethyl adjacent to an activating group) is 1. The van der Waals surface area contributed by atoms with Crippen molar-refractivity contribution in [2.45, 2.75) is 46.1 Å². The molecule has 1 unspecified atom stereocenters. The highest BCUT2D eigenvalue weighted by Gasteiger charge is 2.42. The molecule has 0 aromatic rings. The molecule has 1 saturated heterocycles. The van der Waals surface area contributed by atoms with E-state index in [1.165, 1.54) is 0 Å². The van der Waals surface area contributed by atoms with Crippen LogP contribution in [-0.4, -0.2) is 53.4 Å². The standard InChI is InChI=1S/C14H27N3OS/c1-5-11-10-17(9-8-16(11)4)13(18)14(6-2,7-3)12(15)19/h11H,5-10H2,1-4H3,(H2,15,19). The Hall–Kier alpha value is -0.680. The van der Waals surface area contributed by atoms with Crippen molar-refractivity contribution in [1.29, 1.82) is 0 Å². The van der Waals surface area contributed by atoms with Gasteiger partial charge in [-0.15, -0.1) is 0 Å². The molecule has 1 heterocycles. The van der Waals surface area contributed by atoms with Crippen LogP contribution in [0.3, 0.4) is 0 Å². The molecular weight excluding hydrogens is 258 g/mol. The maximum absolute atomic E-state index is 12.8. The average Bonchev–Trinajstić information content (AvgIpc) is 2.40. The van der Waals surface area contributed by atoms with E-state index in [4.69, 9.17) is 18.0 Å². The molecule has 0 radical (unpaired) electrons. The highest BCUT2D eigenvalue weighted by Crippen LogP contribution is 2.30. The monoisotopic (exact) mass is 285 g/mol. The molecule has 5 heteroatoms. The van der Waals surface area contributed by atoms with Crippen LogP contribution in [0.5, 0.6) is 0 Å². The van der Waals surface area contributed by atoms with Gasteiger partial charge in [0.25, 0.3) is 0 Å². The van der Waals surface area contributed by atoms with Crippen LogP contribution in [-0.2, 0) is 4.79 Å². The van der Waals surface area contributed by atoms with Crippen LogP contribution in [0.2, 0.25) is 0 Å². The maximum atomic E-state index is 12.8. The summed E-state index contributed by atoms with van der Waals surface area (Å²) >= 11 is 5.17. The molecule has 0 saturated carbocycles. The Morgan fingerprint density at radius 1 is 1.32 bits per heavy atom. The van der Waals surface area contributed by atoms with E-state index in [0.717, 1.165) is 26.1 Å². The fraction of sp³-hybridized carbons (Fsp3) is 0.857. The Balaban J connectivity index is 2.89. The Kier molecular flexibility index (Phi) is 5.74. The summed E-state index contributed by atoms with van der Waals surface area (Å²) < 4.78 is 0. The van der Waals surface area contributed by atoms with Gasteiger partial charge in [0.15, 0.2) is 0 Å². The molecule has 1 aliphatic rings. The van der Waals surface area contributed by atoms with E-state index in [2.05, 4.69) is 18.9 Å². The summed E-state index contributed by atoms with van der Waals surface area (Å²) in [5.41, 5.74) is 5.22. The van der Waals surface area contributed by atoms with Gasteiger partial charge in [-0.05, 0) is 26.3 Å². The number of rotatable bonds is 5. The topological polar surface area (TPSA) is 49.6 Å². The number of hydrogen-bond acceptors (Lipinski definition) is 3. The first-order chi connectivity index (χ1) is 8.92. The van der Waals surface area contributed by atoms with Crippen molar-refractivity contribution in [1.82, 2.24) is 9.80 Å². The number of amides is 1. The smallest absolute Gasteiger partial charge is 0.235 e. The van der Waals surface area contributed by atoms with E-state index in [-0.39, 0.29) is 5.91 Å². The van der Waals surface area contributed by atoms with Crippen LogP contribution in [0.1, 0.15) is 40.0 Å². The summed E-state index contributed by atoms with van der Waals surface area (Å²) in [6.07, 6.45) is 2.42. The number of hydrogen-bond donors (Lipinski definition) is 1. The second kappa shape index (κ2) is 6.66. The van der Waals surface area contributed by atoms with Gasteiger partial charge < -0.3 is 10.6 Å². The summed E-state index contributed by atoms with van der Waals surface area (Å²) in [5.74, 6) is 0.122. The fourth-order valence-corrected chi connectivity index (χ4v) is 3.26. The fourth-order valence-electron chi connectivity index (χ4n) is 2.88. The van der Waals surface area contributed by atoms with Crippen molar-refractivity contribution in [3.63, 3.8) is 0 Å². The predicted molar refractivity (Wildman–Crippen MR) is 83.1 cm³/mol. The van der Waals surface area contributed by atoms with Gasteiger partial charge in [0.1, 0.15) is 0 Å². The third kappa shape index (κ3) is 3.08. The molecule has 1 fully saturated rings. The molecule has 1 amide bonds. The zero-order valence-electron chi connectivity index (χ0n) is 12.6. The van der Waals surface area contributed by atoms with Crippen molar-refractivity contribution in [2.75, 3.05) is 26.7 Å². The molecule has 0 bridgehead atoms. The van der Waals surface area contributed by atoms with Crippen molar-refractivity contribution in [2.24, 2.45) is 11.1 Å². The first kappa shape index (κ1) is 16.4. The molecule has 2 N–H and O–H groups in total. The molecule has 1 atom stereocenters. The first-order valence-corrected chi connectivity index (χ1v) is 7.63. The molecule has 19 heavy (non-hydrogen) atoms. The largest absolute Gasteiger partial charge is 0.392 e. The SMILES string of the molecule is CCC1CN(C(=O)C(CC)(CC)C(N)=S)CCN1C. The molecule has 0 aliphatic carbocycles. The van der Waals surface area contributed by atoms with E-state index in [0.29, 0.717) is 23.9 Å². The van der Waals surface area contributed by atoms with Crippen molar-refractivity contribution in [3.05, 3.63) is 0 Å². The van der Waals surface area contributed by atoms with Crippen molar-refractivity contribution < 1.29 is 4.79 Å². The summed E-state index contributed by atoms with van der Waals surface area (Å²) in [5, 5.41) is 0. The first-order valence-electron chi connectivity index (χ1n) is 7.22. The minimum absolute atomic E-state index is 0.122. The average molecular weight is 285 g/mol. The van der Waals surface area contributed by atoms with Crippen LogP contribution in [0.4, 0.5) is 0 Å². The molecular formula is C14H27N3OS. The normalized spacial score (nSPS) is 21.5. The predicted octanol–water partition coefficient (Wildman–Crippen LogP) is 1.63. The van der Waals surface area contributed by atoms with Crippen LogP contribution in [0.15, 0.2) is 0 Å². The van der Waals surface area contributed by atoms with Gasteiger partial charge in [-0.25, -0.2) is 0 Å². The lowest BCUT2D eigenvalue weighted by Crippen LogP contribution is -2.58. The molecule has 110 valence electrons. The maximum Gasteiger partial charge on any atom is 0.235 e. The van der Waals surface area contributed by atoms with Gasteiger partial charge in [-0.3, -0.25) is 9.69 Å². The Labute approximate surface area is 122 Å². The Morgan fingerprint density at radius 2 is 1.89 bits per heavy atom. The molecule has 0 aromatic carbocycles. The molecule has 0 spiro atoms. The number of carbonyl (C=O) groups is 1. The minimum atomic E-state index is -0.649. The molecule has 4 nitrogen and oxygen atoms in total. The van der Waals surface area contributed by atoms with Gasteiger partial charge in [0, 0.05) is 25.7 Å². The van der Waals surface area contributed by atoms with Crippen molar-refractivity contribution >= 4 is 23.1 Å². The van der Waals surface area contributed by atoms with E-state index in [1.807, 2.05) is 18.7 Å². The summed E-state index contributed by atoms with van der Waals surface area (Å²) in [7, 11) is 2.12. The summed E-state index contributed by atoms with van der Waals surface area (Å²) in [6.45, 7) is 8.63. The second-order valence-electron chi connectivity index (χ2n) is 5.45. The quantitative estimate of drug-likeness (QED) is 0.780. The van der Waals surface area contributed by atoms with Gasteiger partial charge in [-0.1, -0.05) is 33.0 Å². The number of thiocarbonyl (C=S) groups is 1. The highest BCUT2D eigenvalue weighted by molar-refractivity contribution is 7.80. The molecule has 0 aromatic heterocycles. The van der Waals surface area contributed by atoms with E-state index >= 15 is 0 Å². The van der Waals surface area contributed by atoms with Gasteiger partial charge in [0.05, 0.1) is 10.4 Å². The number of piperazine rings is 1. The number of nitrogens with zero attached hydrogens (tertiary/aromatic N) is 2. The van der Waals surface area contributed by atoms with E-state index in [9.17, 15) is 4.79 Å². The van der Waals surface area contributed by atoms with Crippen LogP contribution in [0.25, 0.3) is 0 Å². The van der Waals surface area contributed by atoms with Crippen LogP contribution < -0.4 is 5.73 Å². The lowest BCUT2D eigenvalue weighted by Gasteiger charge is -2.43. The Bertz CT molecular complexity index is 342. The second-order valence-corrected chi connectivity index (χ2v) is 5.89. The van der Waals surface area contributed by atoms with Crippen LogP contribution in [0, 0.1) is 5.41 Å². The van der Waals surface area contributed by atoms with Crippen molar-refractivity contribution in [3.8, 4) is 0 Å². The number of nitrogens with two attached hydrogens (primary N) is 1. The lowest BCUT2D eigenvalue weighted by atomic mass is 9.80. The van der Waals surface area contributed by atoms with Gasteiger partial charge in [-0.2, -0.15) is 0 Å². The zero-order valence-corrected chi connectivity index (χ0v) is 13.4. The third-order valence-corrected chi connectivity index (χ3v) is 5.01. The number of carbonyl (C=O) groups excluding carboxylic acids is 1. The van der Waals surface area contributed by atoms with Crippen LogP contribution >= 0.6 is 12.2 Å². The van der Waals surface area contributed by atoms with E-state index in [1.54, 1.807) is 0 Å². The van der Waals surface area contributed by atoms with Gasteiger partial charge in [0.2, 0.25) is 5.91 Å². The van der Waals surface area contributed by atoms with E-state index < -0.39 is 5.41 Å². The summed E-state index contributed by atoms with van der Waals surface area (Å²) in [6, 6.07) is 0.440.